The van der Waals surface area contributed by atoms with Crippen LogP contribution in [0.1, 0.15) is 46.0 Å². The van der Waals surface area contributed by atoms with Crippen LogP contribution >= 0.6 is 0 Å². The summed E-state index contributed by atoms with van der Waals surface area (Å²) in [6.45, 7) is 3.91. The number of amides is 1. The lowest BCUT2D eigenvalue weighted by molar-refractivity contribution is -0.123. The Morgan fingerprint density at radius 1 is 1.30 bits per heavy atom. The van der Waals surface area contributed by atoms with Crippen molar-refractivity contribution in [2.75, 3.05) is 0 Å². The minimum absolute atomic E-state index is 0.0470. The summed E-state index contributed by atoms with van der Waals surface area (Å²) in [5.74, 6) is 1.65. The van der Waals surface area contributed by atoms with E-state index < -0.39 is 13.2 Å². The third-order valence-electron chi connectivity index (χ3n) is 5.79. The normalized spacial score (nSPS) is 34.5. The Balaban J connectivity index is 1.84. The molecule has 2 aliphatic carbocycles. The predicted molar refractivity (Wildman–Crippen MR) is 91.3 cm³/mol. The molecule has 1 amide bonds. The van der Waals surface area contributed by atoms with E-state index in [4.69, 9.17) is 21.5 Å². The second-order valence-corrected chi connectivity index (χ2v) is 7.85. The van der Waals surface area contributed by atoms with E-state index in [-0.39, 0.29) is 23.9 Å². The van der Waals surface area contributed by atoms with Crippen LogP contribution < -0.4 is 16.8 Å². The summed E-state index contributed by atoms with van der Waals surface area (Å²) in [7, 11) is -1.23. The molecule has 2 saturated carbocycles. The quantitative estimate of drug-likeness (QED) is 0.424. The zero-order valence-corrected chi connectivity index (χ0v) is 14.3. The number of nitrogens with two attached hydrogens (primary N) is 2. The fraction of sp³-hybridized carbons (Fsp3) is 0.938. The monoisotopic (exact) mass is 325 g/mol. The summed E-state index contributed by atoms with van der Waals surface area (Å²) in [6.07, 6.45) is 5.11. The van der Waals surface area contributed by atoms with E-state index in [0.29, 0.717) is 24.1 Å². The lowest BCUT2D eigenvalue weighted by atomic mass is 9.79. The number of nitrogens with one attached hydrogen (secondary N) is 1. The van der Waals surface area contributed by atoms with Crippen molar-refractivity contribution in [2.24, 2.45) is 35.1 Å². The van der Waals surface area contributed by atoms with Crippen LogP contribution in [-0.2, 0) is 4.79 Å². The highest BCUT2D eigenvalue weighted by molar-refractivity contribution is 6.40. The first-order chi connectivity index (χ1) is 10.8. The largest absolute Gasteiger partial charge is 0.451 e. The third-order valence-corrected chi connectivity index (χ3v) is 5.79. The van der Waals surface area contributed by atoms with Gasteiger partial charge in [0.1, 0.15) is 0 Å². The maximum atomic E-state index is 12.1. The zero-order valence-electron chi connectivity index (χ0n) is 14.3. The van der Waals surface area contributed by atoms with Gasteiger partial charge in [0.2, 0.25) is 5.91 Å². The van der Waals surface area contributed by atoms with E-state index in [1.165, 1.54) is 0 Å². The summed E-state index contributed by atoms with van der Waals surface area (Å²) in [5.41, 5.74) is 12.2. The van der Waals surface area contributed by atoms with Gasteiger partial charge < -0.3 is 26.8 Å². The van der Waals surface area contributed by atoms with E-state index >= 15 is 0 Å². The van der Waals surface area contributed by atoms with Gasteiger partial charge in [0.25, 0.3) is 0 Å². The maximum absolute atomic E-state index is 12.1. The maximum Gasteiger partial charge on any atom is 0.451 e. The topological polar surface area (TPSA) is 122 Å². The average Bonchev–Trinajstić information content (AvgIpc) is 2.95. The minimum Gasteiger partial charge on any atom is -0.427 e. The van der Waals surface area contributed by atoms with Crippen molar-refractivity contribution in [1.82, 2.24) is 5.32 Å². The van der Waals surface area contributed by atoms with Crippen molar-refractivity contribution in [3.63, 3.8) is 0 Å². The van der Waals surface area contributed by atoms with Crippen LogP contribution in [0.4, 0.5) is 0 Å². The fourth-order valence-corrected chi connectivity index (χ4v) is 4.48. The molecule has 0 bridgehead atoms. The molecule has 0 heterocycles. The number of rotatable bonds is 7. The highest BCUT2D eigenvalue weighted by Crippen LogP contribution is 2.48. The Labute approximate surface area is 139 Å². The highest BCUT2D eigenvalue weighted by Gasteiger charge is 2.47. The first-order valence-electron chi connectivity index (χ1n) is 8.97. The molecule has 0 aliphatic heterocycles. The van der Waals surface area contributed by atoms with Crippen LogP contribution in [-0.4, -0.2) is 41.2 Å². The second kappa shape index (κ2) is 7.97. The Kier molecular flexibility index (Phi) is 6.48. The van der Waals surface area contributed by atoms with Crippen molar-refractivity contribution in [1.29, 1.82) is 0 Å². The lowest BCUT2D eigenvalue weighted by Gasteiger charge is -2.24. The molecular weight excluding hydrogens is 293 g/mol. The second-order valence-electron chi connectivity index (χ2n) is 7.85. The molecular formula is C16H32BN3O3. The minimum atomic E-state index is -1.23. The van der Waals surface area contributed by atoms with Crippen LogP contribution in [0.3, 0.4) is 0 Å². The van der Waals surface area contributed by atoms with Crippen molar-refractivity contribution in [3.05, 3.63) is 0 Å². The number of fused-ring (bicyclic) bond motifs is 1. The number of hydrogen-bond acceptors (Lipinski definition) is 5. The van der Waals surface area contributed by atoms with Crippen LogP contribution in [0.25, 0.3) is 0 Å². The van der Waals surface area contributed by atoms with E-state index in [1.807, 2.05) is 13.8 Å². The Morgan fingerprint density at radius 3 is 2.61 bits per heavy atom. The van der Waals surface area contributed by atoms with Gasteiger partial charge >= 0.3 is 7.12 Å². The molecule has 7 heteroatoms. The molecule has 0 aromatic heterocycles. The average molecular weight is 325 g/mol. The number of carbonyl (C=O) groups is 1. The summed E-state index contributed by atoms with van der Waals surface area (Å²) in [4.78, 5) is 12.1. The molecule has 0 radical (unpaired) electrons. The van der Waals surface area contributed by atoms with Crippen LogP contribution in [0.2, 0.25) is 6.32 Å². The number of hydrogen-bond donors (Lipinski definition) is 5. The number of carbonyl (C=O) groups excluding carboxylic acids is 1. The predicted octanol–water partition coefficient (Wildman–Crippen LogP) is 0.0809. The summed E-state index contributed by atoms with van der Waals surface area (Å²) in [6, 6.07) is -0.0318. The molecule has 2 aliphatic rings. The van der Waals surface area contributed by atoms with Crippen LogP contribution in [0.15, 0.2) is 0 Å². The van der Waals surface area contributed by atoms with E-state index in [0.717, 1.165) is 32.1 Å². The van der Waals surface area contributed by atoms with Gasteiger partial charge in [-0.05, 0) is 55.7 Å². The molecule has 2 rings (SSSR count). The molecule has 0 aromatic carbocycles. The van der Waals surface area contributed by atoms with Gasteiger partial charge in [0.15, 0.2) is 0 Å². The van der Waals surface area contributed by atoms with Crippen LogP contribution in [0, 0.1) is 23.7 Å². The first-order valence-corrected chi connectivity index (χ1v) is 8.97. The Morgan fingerprint density at radius 2 is 2.00 bits per heavy atom. The summed E-state index contributed by atoms with van der Waals surface area (Å²) < 4.78 is 0. The van der Waals surface area contributed by atoms with Crippen LogP contribution in [0.5, 0.6) is 0 Å². The molecule has 6 nitrogen and oxygen atoms in total. The van der Waals surface area contributed by atoms with Crippen molar-refractivity contribution < 1.29 is 14.8 Å². The van der Waals surface area contributed by atoms with Gasteiger partial charge in [-0.25, -0.2) is 0 Å². The van der Waals surface area contributed by atoms with Crippen molar-refractivity contribution >= 4 is 13.0 Å². The Bertz CT molecular complexity index is 408. The zero-order chi connectivity index (χ0) is 17.1. The lowest BCUT2D eigenvalue weighted by Crippen LogP contribution is -2.47. The van der Waals surface area contributed by atoms with Gasteiger partial charge in [-0.1, -0.05) is 20.3 Å². The van der Waals surface area contributed by atoms with Gasteiger partial charge in [-0.2, -0.15) is 0 Å². The fourth-order valence-electron chi connectivity index (χ4n) is 4.48. The van der Waals surface area contributed by atoms with E-state index in [2.05, 4.69) is 5.32 Å². The SMILES string of the molecule is CC(C)[C@H](N)C(=O)N[C@H]1C[C@@H]2C[C@H](N)[C@@H](CCCB(O)O)[C@@H]2C1. The summed E-state index contributed by atoms with van der Waals surface area (Å²) in [5, 5.41) is 21.1. The molecule has 0 aromatic rings. The molecule has 0 saturated heterocycles. The van der Waals surface area contributed by atoms with E-state index in [9.17, 15) is 4.79 Å². The standard InChI is InChI=1S/C16H32BN3O3/c1-9(2)15(19)16(21)20-11-6-10-7-14(18)12(13(10)8-11)4-3-5-17(22)23/h9-15,22-23H,3-8,18-19H2,1-2H3,(H,20,21)/t10-,11+,12+,13-,14+,15+/m1/s1. The molecule has 0 unspecified atom stereocenters. The van der Waals surface area contributed by atoms with E-state index in [1.54, 1.807) is 0 Å². The molecule has 23 heavy (non-hydrogen) atoms. The highest BCUT2D eigenvalue weighted by atomic mass is 16.4. The molecule has 7 N–H and O–H groups in total. The van der Waals surface area contributed by atoms with Gasteiger partial charge in [0, 0.05) is 12.1 Å². The molecule has 132 valence electrons. The van der Waals surface area contributed by atoms with Crippen molar-refractivity contribution in [3.8, 4) is 0 Å². The summed E-state index contributed by atoms with van der Waals surface area (Å²) >= 11 is 0. The Hall–Kier alpha value is -0.625. The van der Waals surface area contributed by atoms with Gasteiger partial charge in [-0.3, -0.25) is 4.79 Å². The first kappa shape index (κ1) is 18.7. The van der Waals surface area contributed by atoms with Gasteiger partial charge in [-0.15, -0.1) is 0 Å². The molecule has 0 spiro atoms. The molecule has 2 fully saturated rings. The van der Waals surface area contributed by atoms with Gasteiger partial charge in [0.05, 0.1) is 6.04 Å². The molecule has 6 atom stereocenters. The smallest absolute Gasteiger partial charge is 0.427 e. The third kappa shape index (κ3) is 4.69. The van der Waals surface area contributed by atoms with Crippen molar-refractivity contribution in [2.45, 2.75) is 70.4 Å².